The summed E-state index contributed by atoms with van der Waals surface area (Å²) in [5.74, 6) is -0.225. The van der Waals surface area contributed by atoms with Gasteiger partial charge in [0.1, 0.15) is 5.41 Å². The molecule has 0 heterocycles. The lowest BCUT2D eigenvalue weighted by molar-refractivity contribution is -0.125. The molecule has 0 spiro atoms. The molecular weight excluding hydrogens is 256 g/mol. The third kappa shape index (κ3) is 2.29. The minimum absolute atomic E-state index is 0.0106. The van der Waals surface area contributed by atoms with E-state index in [0.717, 1.165) is 17.8 Å². The molecule has 0 aliphatic heterocycles. The molecule has 1 aromatic rings. The number of oxime groups is 1. The summed E-state index contributed by atoms with van der Waals surface area (Å²) in [6.45, 7) is 0. The maximum absolute atomic E-state index is 12.5. The number of nitrogens with one attached hydrogen (secondary N) is 1. The van der Waals surface area contributed by atoms with Gasteiger partial charge in [-0.15, -0.1) is 0 Å². The summed E-state index contributed by atoms with van der Waals surface area (Å²) >= 11 is 0. The van der Waals surface area contributed by atoms with Crippen molar-refractivity contribution in [3.05, 3.63) is 24.3 Å². The van der Waals surface area contributed by atoms with Crippen molar-refractivity contribution in [3.63, 3.8) is 0 Å². The first-order valence-corrected chi connectivity index (χ1v) is 6.57. The Labute approximate surface area is 118 Å². The van der Waals surface area contributed by atoms with Gasteiger partial charge in [-0.05, 0) is 25.0 Å². The van der Waals surface area contributed by atoms with Crippen LogP contribution in [0.5, 0.6) is 0 Å². The van der Waals surface area contributed by atoms with E-state index in [4.69, 9.17) is 10.9 Å². The highest BCUT2D eigenvalue weighted by Crippen LogP contribution is 2.42. The molecule has 0 radical (unpaired) electrons. The zero-order valence-electron chi connectivity index (χ0n) is 11.8. The number of nitrogens with zero attached hydrogens (tertiary/aromatic N) is 2. The number of benzene rings is 1. The van der Waals surface area contributed by atoms with Gasteiger partial charge in [-0.1, -0.05) is 23.7 Å². The highest BCUT2D eigenvalue weighted by Gasteiger charge is 2.48. The molecule has 1 amide bonds. The molecular formula is C14H20N4O2. The number of carbonyl (C=O) groups is 1. The van der Waals surface area contributed by atoms with E-state index in [1.165, 1.54) is 0 Å². The second-order valence-electron chi connectivity index (χ2n) is 5.29. The number of anilines is 2. The summed E-state index contributed by atoms with van der Waals surface area (Å²) in [4.78, 5) is 14.4. The van der Waals surface area contributed by atoms with E-state index in [1.54, 1.807) is 0 Å². The summed E-state index contributed by atoms with van der Waals surface area (Å²) in [6, 6.07) is 7.53. The Bertz CT molecular complexity index is 536. The minimum atomic E-state index is -0.867. The second kappa shape index (κ2) is 5.40. The summed E-state index contributed by atoms with van der Waals surface area (Å²) in [7, 11) is 3.82. The molecule has 1 aliphatic rings. The normalized spacial score (nSPS) is 17.2. The fourth-order valence-electron chi connectivity index (χ4n) is 2.44. The van der Waals surface area contributed by atoms with Crippen LogP contribution in [0.3, 0.4) is 0 Å². The molecule has 20 heavy (non-hydrogen) atoms. The predicted molar refractivity (Wildman–Crippen MR) is 79.1 cm³/mol. The van der Waals surface area contributed by atoms with Gasteiger partial charge in [0.05, 0.1) is 11.4 Å². The molecule has 1 fully saturated rings. The fraction of sp³-hybridized carbons (Fsp3) is 0.429. The Morgan fingerprint density at radius 3 is 2.55 bits per heavy atom. The van der Waals surface area contributed by atoms with Crippen LogP contribution >= 0.6 is 0 Å². The molecule has 0 atom stereocenters. The second-order valence-corrected chi connectivity index (χ2v) is 5.29. The van der Waals surface area contributed by atoms with Crippen LogP contribution in [0.2, 0.25) is 0 Å². The zero-order chi connectivity index (χ0) is 14.8. The third-order valence-corrected chi connectivity index (χ3v) is 3.87. The van der Waals surface area contributed by atoms with Crippen molar-refractivity contribution >= 4 is 23.1 Å². The molecule has 4 N–H and O–H groups in total. The molecule has 1 aromatic carbocycles. The number of amides is 1. The van der Waals surface area contributed by atoms with Gasteiger partial charge in [0.2, 0.25) is 5.91 Å². The molecule has 108 valence electrons. The maximum Gasteiger partial charge on any atom is 0.238 e. The third-order valence-electron chi connectivity index (χ3n) is 3.87. The van der Waals surface area contributed by atoms with Crippen LogP contribution in [0.4, 0.5) is 11.4 Å². The predicted octanol–water partition coefficient (Wildman–Crippen LogP) is 1.61. The SMILES string of the molecule is CN(C)c1ccccc1NC(=O)C1(/C(N)=N/O)CCC1. The molecule has 0 aromatic heterocycles. The number of hydrogen-bond acceptors (Lipinski definition) is 4. The summed E-state index contributed by atoms with van der Waals surface area (Å²) in [6.07, 6.45) is 2.12. The monoisotopic (exact) mass is 276 g/mol. The molecule has 0 saturated heterocycles. The first kappa shape index (κ1) is 14.2. The van der Waals surface area contributed by atoms with E-state index >= 15 is 0 Å². The van der Waals surface area contributed by atoms with Gasteiger partial charge in [0.15, 0.2) is 5.84 Å². The Kier molecular flexibility index (Phi) is 3.83. The quantitative estimate of drug-likeness (QED) is 0.337. The van der Waals surface area contributed by atoms with Crippen molar-refractivity contribution in [3.8, 4) is 0 Å². The van der Waals surface area contributed by atoms with E-state index in [1.807, 2.05) is 43.3 Å². The molecule has 1 saturated carbocycles. The van der Waals surface area contributed by atoms with Crippen LogP contribution in [-0.4, -0.2) is 31.0 Å². The lowest BCUT2D eigenvalue weighted by atomic mass is 9.67. The summed E-state index contributed by atoms with van der Waals surface area (Å²) in [5.41, 5.74) is 6.46. The Morgan fingerprint density at radius 1 is 1.40 bits per heavy atom. The topological polar surface area (TPSA) is 91.0 Å². The van der Waals surface area contributed by atoms with Gasteiger partial charge in [-0.25, -0.2) is 0 Å². The van der Waals surface area contributed by atoms with Crippen LogP contribution in [-0.2, 0) is 4.79 Å². The van der Waals surface area contributed by atoms with E-state index < -0.39 is 5.41 Å². The standard InChI is InChI=1S/C14H20N4O2/c1-18(2)11-7-4-3-6-10(11)16-13(19)14(8-5-9-14)12(15)17-20/h3-4,6-7,20H,5,8-9H2,1-2H3,(H2,15,17)(H,16,19). The highest BCUT2D eigenvalue weighted by atomic mass is 16.4. The van der Waals surface area contributed by atoms with Crippen LogP contribution in [0.1, 0.15) is 19.3 Å². The van der Waals surface area contributed by atoms with Crippen molar-refractivity contribution in [2.45, 2.75) is 19.3 Å². The van der Waals surface area contributed by atoms with Crippen molar-refractivity contribution < 1.29 is 10.0 Å². The van der Waals surface area contributed by atoms with Crippen LogP contribution in [0.25, 0.3) is 0 Å². The molecule has 6 heteroatoms. The van der Waals surface area contributed by atoms with Crippen molar-refractivity contribution in [1.82, 2.24) is 0 Å². The number of nitrogens with two attached hydrogens (primary N) is 1. The number of amidine groups is 1. The number of rotatable bonds is 4. The van der Waals surface area contributed by atoms with Crippen molar-refractivity contribution in [2.24, 2.45) is 16.3 Å². The Morgan fingerprint density at radius 2 is 2.05 bits per heavy atom. The van der Waals surface area contributed by atoms with Crippen LogP contribution < -0.4 is 16.0 Å². The largest absolute Gasteiger partial charge is 0.409 e. The van der Waals surface area contributed by atoms with E-state index in [0.29, 0.717) is 12.8 Å². The lowest BCUT2D eigenvalue weighted by Gasteiger charge is -2.38. The van der Waals surface area contributed by atoms with Gasteiger partial charge in [0.25, 0.3) is 0 Å². The maximum atomic E-state index is 12.5. The van der Waals surface area contributed by atoms with Crippen molar-refractivity contribution in [2.75, 3.05) is 24.3 Å². The first-order valence-electron chi connectivity index (χ1n) is 6.57. The fourth-order valence-corrected chi connectivity index (χ4v) is 2.44. The van der Waals surface area contributed by atoms with Gasteiger partial charge in [-0.2, -0.15) is 0 Å². The number of carbonyl (C=O) groups excluding carboxylic acids is 1. The molecule has 6 nitrogen and oxygen atoms in total. The highest BCUT2D eigenvalue weighted by molar-refractivity contribution is 6.13. The first-order chi connectivity index (χ1) is 9.51. The van der Waals surface area contributed by atoms with Gasteiger partial charge < -0.3 is 21.2 Å². The van der Waals surface area contributed by atoms with Gasteiger partial charge >= 0.3 is 0 Å². The lowest BCUT2D eigenvalue weighted by Crippen LogP contribution is -2.51. The minimum Gasteiger partial charge on any atom is -0.409 e. The van der Waals surface area contributed by atoms with E-state index in [2.05, 4.69) is 10.5 Å². The number of para-hydroxylation sites is 2. The zero-order valence-corrected chi connectivity index (χ0v) is 11.8. The van der Waals surface area contributed by atoms with Gasteiger partial charge in [-0.3, -0.25) is 4.79 Å². The van der Waals surface area contributed by atoms with Crippen LogP contribution in [0.15, 0.2) is 29.4 Å². The Hall–Kier alpha value is -2.24. The number of hydrogen-bond donors (Lipinski definition) is 3. The van der Waals surface area contributed by atoms with E-state index in [9.17, 15) is 4.79 Å². The molecule has 2 rings (SSSR count). The van der Waals surface area contributed by atoms with Gasteiger partial charge in [0, 0.05) is 14.1 Å². The van der Waals surface area contributed by atoms with E-state index in [-0.39, 0.29) is 11.7 Å². The van der Waals surface area contributed by atoms with Crippen LogP contribution in [0, 0.1) is 5.41 Å². The summed E-state index contributed by atoms with van der Waals surface area (Å²) in [5, 5.41) is 14.8. The molecule has 0 unspecified atom stereocenters. The molecule has 1 aliphatic carbocycles. The summed E-state index contributed by atoms with van der Waals surface area (Å²) < 4.78 is 0. The molecule has 0 bridgehead atoms. The average molecular weight is 276 g/mol. The Balaban J connectivity index is 2.24. The van der Waals surface area contributed by atoms with Crippen molar-refractivity contribution in [1.29, 1.82) is 0 Å². The smallest absolute Gasteiger partial charge is 0.238 e. The average Bonchev–Trinajstić information content (AvgIpc) is 2.37.